The van der Waals surface area contributed by atoms with Crippen molar-refractivity contribution in [3.8, 4) is 0 Å². The van der Waals surface area contributed by atoms with Crippen molar-refractivity contribution in [1.82, 2.24) is 10.2 Å². The van der Waals surface area contributed by atoms with Crippen molar-refractivity contribution in [1.29, 1.82) is 0 Å². The van der Waals surface area contributed by atoms with Crippen molar-refractivity contribution in [2.75, 3.05) is 20.6 Å². The molecule has 0 spiro atoms. The molecule has 21 heavy (non-hydrogen) atoms. The second kappa shape index (κ2) is 7.95. The normalized spacial score (nSPS) is 13.7. The van der Waals surface area contributed by atoms with E-state index in [4.69, 9.17) is 0 Å². The Morgan fingerprint density at radius 1 is 1.05 bits per heavy atom. The molecule has 2 heteroatoms. The maximum atomic E-state index is 3.75. The lowest BCUT2D eigenvalue weighted by atomic mass is 9.80. The lowest BCUT2D eigenvalue weighted by Gasteiger charge is -2.45. The highest BCUT2D eigenvalue weighted by atomic mass is 15.2. The topological polar surface area (TPSA) is 15.3 Å². The summed E-state index contributed by atoms with van der Waals surface area (Å²) in [7, 11) is 4.44. The van der Waals surface area contributed by atoms with Crippen LogP contribution >= 0.6 is 0 Å². The Morgan fingerprint density at radius 3 is 2.10 bits per heavy atom. The molecule has 0 aromatic heterocycles. The van der Waals surface area contributed by atoms with Crippen LogP contribution in [0.15, 0.2) is 18.2 Å². The van der Waals surface area contributed by atoms with E-state index < -0.39 is 0 Å². The lowest BCUT2D eigenvalue weighted by molar-refractivity contribution is 0.0889. The van der Waals surface area contributed by atoms with E-state index in [0.717, 1.165) is 13.0 Å². The number of likely N-dealkylation sites (N-methyl/N-ethyl adjacent to an activating group) is 2. The fourth-order valence-electron chi connectivity index (χ4n) is 3.55. The third-order valence-corrected chi connectivity index (χ3v) is 5.23. The molecule has 120 valence electrons. The molecule has 1 unspecified atom stereocenters. The van der Waals surface area contributed by atoms with Crippen LogP contribution in [0.3, 0.4) is 0 Å². The van der Waals surface area contributed by atoms with Gasteiger partial charge in [0, 0.05) is 11.6 Å². The van der Waals surface area contributed by atoms with Crippen LogP contribution in [0, 0.1) is 13.8 Å². The first-order valence-corrected chi connectivity index (χ1v) is 8.38. The Balaban J connectivity index is 3.07. The number of hydrogen-bond acceptors (Lipinski definition) is 2. The Kier molecular flexibility index (Phi) is 6.89. The van der Waals surface area contributed by atoms with Crippen LogP contribution in [0.5, 0.6) is 0 Å². The molecule has 0 aliphatic rings. The number of aryl methyl sites for hydroxylation is 2. The van der Waals surface area contributed by atoms with Gasteiger partial charge in [-0.25, -0.2) is 0 Å². The highest BCUT2D eigenvalue weighted by molar-refractivity contribution is 5.30. The zero-order valence-corrected chi connectivity index (χ0v) is 15.1. The predicted octanol–water partition coefficient (Wildman–Crippen LogP) is 3.94. The van der Waals surface area contributed by atoms with Crippen molar-refractivity contribution in [3.63, 3.8) is 0 Å². The summed E-state index contributed by atoms with van der Waals surface area (Å²) >= 11 is 0. The number of benzene rings is 1. The molecule has 0 bridgehead atoms. The van der Waals surface area contributed by atoms with Crippen LogP contribution in [0.2, 0.25) is 0 Å². The first kappa shape index (κ1) is 18.2. The van der Waals surface area contributed by atoms with Gasteiger partial charge < -0.3 is 10.2 Å². The summed E-state index contributed by atoms with van der Waals surface area (Å²) in [6.07, 6.45) is 3.42. The van der Waals surface area contributed by atoms with Crippen LogP contribution in [-0.2, 0) is 6.42 Å². The third-order valence-electron chi connectivity index (χ3n) is 5.23. The number of nitrogens with zero attached hydrogens (tertiary/aromatic N) is 1. The van der Waals surface area contributed by atoms with Crippen molar-refractivity contribution in [2.24, 2.45) is 0 Å². The minimum atomic E-state index is 0.217. The van der Waals surface area contributed by atoms with E-state index in [1.165, 1.54) is 29.5 Å². The maximum absolute atomic E-state index is 3.75. The van der Waals surface area contributed by atoms with Crippen molar-refractivity contribution < 1.29 is 0 Å². The number of nitrogens with one attached hydrogen (secondary N) is 1. The molecule has 0 radical (unpaired) electrons. The summed E-state index contributed by atoms with van der Waals surface area (Å²) in [4.78, 5) is 2.42. The molecule has 0 aliphatic heterocycles. The molecule has 0 amide bonds. The highest BCUT2D eigenvalue weighted by Crippen LogP contribution is 2.28. The van der Waals surface area contributed by atoms with Gasteiger partial charge in [-0.05, 0) is 70.4 Å². The Hall–Kier alpha value is -0.860. The van der Waals surface area contributed by atoms with Gasteiger partial charge >= 0.3 is 0 Å². The number of rotatable bonds is 8. The average Bonchev–Trinajstić information content (AvgIpc) is 2.44. The second-order valence-electron chi connectivity index (χ2n) is 6.44. The molecule has 0 saturated heterocycles. The van der Waals surface area contributed by atoms with Gasteiger partial charge in [-0.2, -0.15) is 0 Å². The molecule has 0 saturated carbocycles. The van der Waals surface area contributed by atoms with Crippen molar-refractivity contribution in [3.05, 3.63) is 34.9 Å². The summed E-state index contributed by atoms with van der Waals surface area (Å²) in [5.41, 5.74) is 4.43. The van der Waals surface area contributed by atoms with Crippen molar-refractivity contribution >= 4 is 0 Å². The van der Waals surface area contributed by atoms with E-state index in [1.54, 1.807) is 0 Å². The van der Waals surface area contributed by atoms with Gasteiger partial charge in [-0.1, -0.05) is 39.0 Å². The zero-order chi connectivity index (χ0) is 16.0. The standard InChI is InChI=1S/C19H34N2/c1-8-19(9-2,21(6)7)18(20-10-3)14-17-12-11-15(4)16(5)13-17/h11-13,18,20H,8-10,14H2,1-7H3. The Labute approximate surface area is 131 Å². The average molecular weight is 290 g/mol. The molecule has 0 heterocycles. The first-order valence-electron chi connectivity index (χ1n) is 8.38. The van der Waals surface area contributed by atoms with E-state index >= 15 is 0 Å². The minimum absolute atomic E-state index is 0.217. The smallest absolute Gasteiger partial charge is 0.0354 e. The zero-order valence-electron chi connectivity index (χ0n) is 15.1. The molecule has 1 rings (SSSR count). The molecule has 0 aliphatic carbocycles. The van der Waals surface area contributed by atoms with E-state index in [9.17, 15) is 0 Å². The van der Waals surface area contributed by atoms with Crippen LogP contribution in [-0.4, -0.2) is 37.1 Å². The minimum Gasteiger partial charge on any atom is -0.312 e. The summed E-state index contributed by atoms with van der Waals surface area (Å²) in [5, 5.41) is 3.75. The van der Waals surface area contributed by atoms with Gasteiger partial charge in [-0.15, -0.1) is 0 Å². The van der Waals surface area contributed by atoms with Crippen LogP contribution in [0.4, 0.5) is 0 Å². The summed E-state index contributed by atoms with van der Waals surface area (Å²) in [5.74, 6) is 0. The van der Waals surface area contributed by atoms with E-state index in [1.807, 2.05) is 0 Å². The van der Waals surface area contributed by atoms with Crippen LogP contribution < -0.4 is 5.32 Å². The first-order chi connectivity index (χ1) is 9.91. The van der Waals surface area contributed by atoms with Crippen molar-refractivity contribution in [2.45, 2.75) is 65.5 Å². The van der Waals surface area contributed by atoms with Gasteiger partial charge in [0.05, 0.1) is 0 Å². The SMILES string of the molecule is CCNC(Cc1ccc(C)c(C)c1)C(CC)(CC)N(C)C. The maximum Gasteiger partial charge on any atom is 0.0354 e. The largest absolute Gasteiger partial charge is 0.312 e. The van der Waals surface area contributed by atoms with Gasteiger partial charge in [0.15, 0.2) is 0 Å². The molecule has 1 atom stereocenters. The summed E-state index contributed by atoms with van der Waals surface area (Å²) in [6.45, 7) is 12.2. The monoisotopic (exact) mass is 290 g/mol. The van der Waals surface area contributed by atoms with Crippen LogP contribution in [0.1, 0.15) is 50.3 Å². The van der Waals surface area contributed by atoms with Gasteiger partial charge in [0.1, 0.15) is 0 Å². The quantitative estimate of drug-likeness (QED) is 0.780. The molecule has 0 fully saturated rings. The van der Waals surface area contributed by atoms with Gasteiger partial charge in [-0.3, -0.25) is 0 Å². The van der Waals surface area contributed by atoms with Crippen LogP contribution in [0.25, 0.3) is 0 Å². The molecular formula is C19H34N2. The van der Waals surface area contributed by atoms with E-state index in [2.05, 4.69) is 77.1 Å². The Bertz CT molecular complexity index is 433. The predicted molar refractivity (Wildman–Crippen MR) is 94.1 cm³/mol. The van der Waals surface area contributed by atoms with E-state index in [0.29, 0.717) is 6.04 Å². The molecule has 1 aromatic carbocycles. The molecule has 2 nitrogen and oxygen atoms in total. The molecular weight excluding hydrogens is 256 g/mol. The van der Waals surface area contributed by atoms with Gasteiger partial charge in [0.2, 0.25) is 0 Å². The number of hydrogen-bond donors (Lipinski definition) is 1. The summed E-state index contributed by atoms with van der Waals surface area (Å²) in [6, 6.07) is 7.38. The fraction of sp³-hybridized carbons (Fsp3) is 0.684. The summed E-state index contributed by atoms with van der Waals surface area (Å²) < 4.78 is 0. The van der Waals surface area contributed by atoms with E-state index in [-0.39, 0.29) is 5.54 Å². The highest BCUT2D eigenvalue weighted by Gasteiger charge is 2.37. The lowest BCUT2D eigenvalue weighted by Crippen LogP contribution is -2.59. The van der Waals surface area contributed by atoms with Gasteiger partial charge in [0.25, 0.3) is 0 Å². The molecule has 1 aromatic rings. The third kappa shape index (κ3) is 4.08. The fourth-order valence-corrected chi connectivity index (χ4v) is 3.55. The Morgan fingerprint density at radius 2 is 1.67 bits per heavy atom. The molecule has 1 N–H and O–H groups in total. The second-order valence-corrected chi connectivity index (χ2v) is 6.44.